The number of aliphatic carboxylic acids is 1. The third-order valence-corrected chi connectivity index (χ3v) is 6.77. The van der Waals surface area contributed by atoms with Crippen molar-refractivity contribution in [2.45, 2.75) is 19.8 Å². The van der Waals surface area contributed by atoms with E-state index < -0.39 is 5.97 Å². The van der Waals surface area contributed by atoms with Gasteiger partial charge in [0.25, 0.3) is 0 Å². The minimum atomic E-state index is -0.979. The molecule has 1 N–H and O–H groups in total. The Bertz CT molecular complexity index is 1320. The van der Waals surface area contributed by atoms with Crippen molar-refractivity contribution in [2.24, 2.45) is 0 Å². The highest BCUT2D eigenvalue weighted by atomic mass is 35.5. The molecule has 1 aromatic heterocycles. The fourth-order valence-electron chi connectivity index (χ4n) is 4.10. The summed E-state index contributed by atoms with van der Waals surface area (Å²) in [4.78, 5) is 14.6. The Balaban J connectivity index is 1.92. The maximum atomic E-state index is 10.8. The second-order valence-corrected chi connectivity index (χ2v) is 8.65. The van der Waals surface area contributed by atoms with Crippen molar-refractivity contribution in [3.8, 4) is 0 Å². The molecule has 1 aliphatic rings. The van der Waals surface area contributed by atoms with Crippen LogP contribution in [0.4, 0.5) is 5.00 Å². The summed E-state index contributed by atoms with van der Waals surface area (Å²) >= 11 is 8.36. The SMILES string of the molecule is [C-]#[N+]c1sccc1/C(CC)=C(/C1=C(Cl)c2ccccc2C1)c1ccc(/C=C/C(=O)O)cc1. The molecule has 0 bridgehead atoms. The lowest BCUT2D eigenvalue weighted by Crippen LogP contribution is -1.97. The van der Waals surface area contributed by atoms with Crippen LogP contribution in [0.5, 0.6) is 0 Å². The van der Waals surface area contributed by atoms with E-state index in [9.17, 15) is 4.79 Å². The van der Waals surface area contributed by atoms with E-state index in [1.165, 1.54) is 16.9 Å². The van der Waals surface area contributed by atoms with Crippen LogP contribution < -0.4 is 0 Å². The summed E-state index contributed by atoms with van der Waals surface area (Å²) in [5.74, 6) is -0.979. The van der Waals surface area contributed by atoms with Gasteiger partial charge in [-0.15, -0.1) is 0 Å². The number of hydrogen-bond donors (Lipinski definition) is 1. The zero-order chi connectivity index (χ0) is 22.7. The number of carboxylic acids is 1. The summed E-state index contributed by atoms with van der Waals surface area (Å²) in [6.07, 6.45) is 4.18. The van der Waals surface area contributed by atoms with Crippen LogP contribution in [0.15, 0.2) is 71.6 Å². The molecule has 0 atom stereocenters. The largest absolute Gasteiger partial charge is 0.478 e. The van der Waals surface area contributed by atoms with Crippen LogP contribution in [-0.4, -0.2) is 11.1 Å². The maximum Gasteiger partial charge on any atom is 0.328 e. The normalized spacial score (nSPS) is 13.8. The van der Waals surface area contributed by atoms with Gasteiger partial charge in [-0.1, -0.05) is 73.1 Å². The number of fused-ring (bicyclic) bond motifs is 1. The van der Waals surface area contributed by atoms with Gasteiger partial charge in [-0.3, -0.25) is 0 Å². The lowest BCUT2D eigenvalue weighted by molar-refractivity contribution is -0.131. The maximum absolute atomic E-state index is 10.8. The first kappa shape index (κ1) is 21.8. The zero-order valence-electron chi connectivity index (χ0n) is 17.4. The van der Waals surface area contributed by atoms with Crippen LogP contribution in [0.2, 0.25) is 0 Å². The summed E-state index contributed by atoms with van der Waals surface area (Å²) in [7, 11) is 0. The van der Waals surface area contributed by atoms with Gasteiger partial charge in [-0.2, -0.15) is 11.3 Å². The molecule has 0 amide bonds. The van der Waals surface area contributed by atoms with Crippen molar-refractivity contribution < 1.29 is 9.90 Å². The van der Waals surface area contributed by atoms with Crippen LogP contribution >= 0.6 is 22.9 Å². The molecule has 0 aliphatic heterocycles. The van der Waals surface area contributed by atoms with Gasteiger partial charge < -0.3 is 5.11 Å². The van der Waals surface area contributed by atoms with Crippen molar-refractivity contribution in [1.82, 2.24) is 0 Å². The number of rotatable bonds is 6. The third-order valence-electron chi connectivity index (χ3n) is 5.53. The van der Waals surface area contributed by atoms with Crippen LogP contribution in [0.3, 0.4) is 0 Å². The summed E-state index contributed by atoms with van der Waals surface area (Å²) < 4.78 is 0. The zero-order valence-corrected chi connectivity index (χ0v) is 19.0. The molecular formula is C27H20ClNO2S. The van der Waals surface area contributed by atoms with Crippen LogP contribution in [-0.2, 0) is 11.2 Å². The molecule has 0 saturated carbocycles. The van der Waals surface area contributed by atoms with E-state index in [4.69, 9.17) is 23.3 Å². The van der Waals surface area contributed by atoms with E-state index in [2.05, 4.69) is 17.8 Å². The number of halogens is 1. The summed E-state index contributed by atoms with van der Waals surface area (Å²) in [6.45, 7) is 9.70. The second-order valence-electron chi connectivity index (χ2n) is 7.38. The van der Waals surface area contributed by atoms with Gasteiger partial charge >= 0.3 is 5.97 Å². The molecule has 3 nitrogen and oxygen atoms in total. The molecule has 0 unspecified atom stereocenters. The van der Waals surface area contributed by atoms with Crippen LogP contribution in [0.1, 0.15) is 41.2 Å². The topological polar surface area (TPSA) is 41.7 Å². The molecule has 158 valence electrons. The van der Waals surface area contributed by atoms with Crippen molar-refractivity contribution in [3.05, 3.63) is 111 Å². The highest BCUT2D eigenvalue weighted by molar-refractivity contribution is 7.14. The first-order valence-electron chi connectivity index (χ1n) is 10.2. The van der Waals surface area contributed by atoms with Crippen LogP contribution in [0, 0.1) is 6.57 Å². The number of nitrogens with zero attached hydrogens (tertiary/aromatic N) is 1. The van der Waals surface area contributed by atoms with Gasteiger partial charge in [0.05, 0.1) is 11.6 Å². The average Bonchev–Trinajstić information content (AvgIpc) is 3.41. The van der Waals surface area contributed by atoms with Crippen molar-refractivity contribution in [2.75, 3.05) is 0 Å². The Morgan fingerprint density at radius 3 is 2.59 bits per heavy atom. The van der Waals surface area contributed by atoms with Gasteiger partial charge in [0.2, 0.25) is 5.00 Å². The minimum absolute atomic E-state index is 0.674. The molecule has 3 aromatic rings. The molecular weight excluding hydrogens is 438 g/mol. The molecule has 4 rings (SSSR count). The first-order valence-corrected chi connectivity index (χ1v) is 11.5. The Morgan fingerprint density at radius 1 is 1.19 bits per heavy atom. The Labute approximate surface area is 196 Å². The second kappa shape index (κ2) is 9.40. The highest BCUT2D eigenvalue weighted by Gasteiger charge is 2.26. The van der Waals surface area contributed by atoms with Crippen LogP contribution in [0.25, 0.3) is 27.1 Å². The van der Waals surface area contributed by atoms with Crippen molar-refractivity contribution in [1.29, 1.82) is 0 Å². The summed E-state index contributed by atoms with van der Waals surface area (Å²) in [6, 6.07) is 18.0. The molecule has 1 aliphatic carbocycles. The molecule has 0 radical (unpaired) electrons. The molecule has 5 heteroatoms. The van der Waals surface area contributed by atoms with Gasteiger partial charge in [0, 0.05) is 12.5 Å². The Kier molecular flexibility index (Phi) is 6.41. The van der Waals surface area contributed by atoms with Gasteiger partial charge in [0.1, 0.15) is 0 Å². The lowest BCUT2D eigenvalue weighted by atomic mass is 9.87. The van der Waals surface area contributed by atoms with E-state index in [1.807, 2.05) is 53.9 Å². The van der Waals surface area contributed by atoms with E-state index in [0.717, 1.165) is 62.9 Å². The van der Waals surface area contributed by atoms with Crippen molar-refractivity contribution in [3.63, 3.8) is 0 Å². The number of allylic oxidation sites excluding steroid dienone is 3. The number of thiophene rings is 1. The molecule has 0 spiro atoms. The number of hydrogen-bond acceptors (Lipinski definition) is 2. The van der Waals surface area contributed by atoms with E-state index >= 15 is 0 Å². The predicted octanol–water partition coefficient (Wildman–Crippen LogP) is 7.92. The monoisotopic (exact) mass is 457 g/mol. The molecule has 2 aromatic carbocycles. The summed E-state index contributed by atoms with van der Waals surface area (Å²) in [5.41, 5.74) is 8.19. The fourth-order valence-corrected chi connectivity index (χ4v) is 5.15. The van der Waals surface area contributed by atoms with Gasteiger partial charge in [0.15, 0.2) is 0 Å². The minimum Gasteiger partial charge on any atom is -0.478 e. The first-order chi connectivity index (χ1) is 15.5. The van der Waals surface area contributed by atoms with Crippen molar-refractivity contribution >= 4 is 56.2 Å². The standard InChI is InChI=1S/C27H20ClNO2S/c1-3-20(22-14-15-32-27(22)29-2)25(18-11-8-17(9-12-18)10-13-24(30)31)23-16-19-6-4-5-7-21(19)26(23)28/h4-15H,3,16H2,1H3,(H,30,31)/b13-10+,25-20+. The number of benzene rings is 2. The molecule has 1 heterocycles. The molecule has 0 fully saturated rings. The fraction of sp³-hybridized carbons (Fsp3) is 0.111. The van der Waals surface area contributed by atoms with E-state index in [-0.39, 0.29) is 0 Å². The van der Waals surface area contributed by atoms with E-state index in [1.54, 1.807) is 6.08 Å². The highest BCUT2D eigenvalue weighted by Crippen LogP contribution is 2.47. The number of carbonyl (C=O) groups is 1. The third kappa shape index (κ3) is 4.18. The quantitative estimate of drug-likeness (QED) is 0.301. The average molecular weight is 458 g/mol. The molecule has 0 saturated heterocycles. The molecule has 32 heavy (non-hydrogen) atoms. The Morgan fingerprint density at radius 2 is 1.94 bits per heavy atom. The predicted molar refractivity (Wildman–Crippen MR) is 134 cm³/mol. The number of carboxylic acid groups (broad SMARTS) is 1. The summed E-state index contributed by atoms with van der Waals surface area (Å²) in [5, 5.41) is 12.3. The Hall–Kier alpha value is -3.39. The van der Waals surface area contributed by atoms with Gasteiger partial charge in [-0.25, -0.2) is 9.64 Å². The lowest BCUT2D eigenvalue weighted by Gasteiger charge is -2.18. The van der Waals surface area contributed by atoms with E-state index in [0.29, 0.717) is 5.00 Å². The smallest absolute Gasteiger partial charge is 0.328 e. The van der Waals surface area contributed by atoms with Gasteiger partial charge in [-0.05, 0) is 62.4 Å².